The second kappa shape index (κ2) is 7.67. The smallest absolute Gasteiger partial charge is 0.292 e. The molecule has 6 nitrogen and oxygen atoms in total. The van der Waals surface area contributed by atoms with E-state index < -0.39 is 10.8 Å². The third-order valence-corrected chi connectivity index (χ3v) is 3.85. The van der Waals surface area contributed by atoms with Crippen LogP contribution in [-0.4, -0.2) is 10.8 Å². The summed E-state index contributed by atoms with van der Waals surface area (Å²) < 4.78 is 5.65. The van der Waals surface area contributed by atoms with Crippen molar-refractivity contribution in [2.75, 3.05) is 5.32 Å². The van der Waals surface area contributed by atoms with Crippen LogP contribution in [0.2, 0.25) is 5.02 Å². The number of nitrogens with zero attached hydrogens (tertiary/aromatic N) is 1. The number of para-hydroxylation sites is 2. The first-order chi connectivity index (χ1) is 12.5. The summed E-state index contributed by atoms with van der Waals surface area (Å²) in [4.78, 5) is 22.4. The standard InChI is InChI=1S/C19H13ClN2O4/c20-15-6-2-1-5-14(15)18-11-9-13(26-18)10-12-19(23)21-16-7-3-4-8-17(16)22(24)25/h1-12H,(H,21,23)/b12-10+. The molecule has 1 N–H and O–H groups in total. The van der Waals surface area contributed by atoms with E-state index in [1.807, 2.05) is 18.2 Å². The molecule has 0 saturated carbocycles. The molecule has 0 saturated heterocycles. The van der Waals surface area contributed by atoms with Gasteiger partial charge < -0.3 is 9.73 Å². The van der Waals surface area contributed by atoms with Crippen molar-refractivity contribution in [1.29, 1.82) is 0 Å². The van der Waals surface area contributed by atoms with Crippen molar-refractivity contribution in [3.05, 3.63) is 87.6 Å². The number of hydrogen-bond donors (Lipinski definition) is 1. The van der Waals surface area contributed by atoms with Gasteiger partial charge in [0.2, 0.25) is 5.91 Å². The van der Waals surface area contributed by atoms with Crippen LogP contribution in [0, 0.1) is 10.1 Å². The monoisotopic (exact) mass is 368 g/mol. The maximum atomic E-state index is 12.0. The Labute approximate surface area is 153 Å². The number of furan rings is 1. The van der Waals surface area contributed by atoms with Crippen LogP contribution < -0.4 is 5.32 Å². The van der Waals surface area contributed by atoms with E-state index in [0.717, 1.165) is 5.56 Å². The minimum absolute atomic E-state index is 0.128. The van der Waals surface area contributed by atoms with E-state index in [2.05, 4.69) is 5.32 Å². The van der Waals surface area contributed by atoms with Gasteiger partial charge >= 0.3 is 0 Å². The van der Waals surface area contributed by atoms with Gasteiger partial charge in [0.15, 0.2) is 0 Å². The lowest BCUT2D eigenvalue weighted by molar-refractivity contribution is -0.383. The highest BCUT2D eigenvalue weighted by Crippen LogP contribution is 2.29. The van der Waals surface area contributed by atoms with Gasteiger partial charge in [-0.05, 0) is 36.4 Å². The summed E-state index contributed by atoms with van der Waals surface area (Å²) in [6.45, 7) is 0. The zero-order valence-corrected chi connectivity index (χ0v) is 14.1. The number of halogens is 1. The number of nitrogens with one attached hydrogen (secondary N) is 1. The summed E-state index contributed by atoms with van der Waals surface area (Å²) >= 11 is 6.13. The molecule has 0 unspecified atom stereocenters. The Morgan fingerprint density at radius 1 is 1.08 bits per heavy atom. The summed E-state index contributed by atoms with van der Waals surface area (Å²) in [5, 5.41) is 14.0. The van der Waals surface area contributed by atoms with Crippen LogP contribution in [0.5, 0.6) is 0 Å². The van der Waals surface area contributed by atoms with Crippen molar-refractivity contribution < 1.29 is 14.1 Å². The number of carbonyl (C=O) groups is 1. The maximum absolute atomic E-state index is 12.0. The first-order valence-corrected chi connectivity index (χ1v) is 7.99. The van der Waals surface area contributed by atoms with Crippen molar-refractivity contribution >= 4 is 35.0 Å². The van der Waals surface area contributed by atoms with Crippen LogP contribution in [-0.2, 0) is 4.79 Å². The molecule has 2 aromatic carbocycles. The molecule has 3 rings (SSSR count). The molecular formula is C19H13ClN2O4. The third kappa shape index (κ3) is 3.99. The van der Waals surface area contributed by atoms with Gasteiger partial charge in [-0.2, -0.15) is 0 Å². The maximum Gasteiger partial charge on any atom is 0.292 e. The Morgan fingerprint density at radius 3 is 2.58 bits per heavy atom. The minimum Gasteiger partial charge on any atom is -0.457 e. The van der Waals surface area contributed by atoms with Gasteiger partial charge in [0.05, 0.1) is 9.95 Å². The van der Waals surface area contributed by atoms with E-state index in [-0.39, 0.29) is 11.4 Å². The van der Waals surface area contributed by atoms with Crippen molar-refractivity contribution in [3.63, 3.8) is 0 Å². The normalized spacial score (nSPS) is 10.8. The predicted octanol–water partition coefficient (Wildman–Crippen LogP) is 5.16. The molecule has 0 bridgehead atoms. The van der Waals surface area contributed by atoms with Crippen LogP contribution in [0.4, 0.5) is 11.4 Å². The van der Waals surface area contributed by atoms with Crippen molar-refractivity contribution in [2.45, 2.75) is 0 Å². The second-order valence-corrected chi connectivity index (χ2v) is 5.69. The Balaban J connectivity index is 1.72. The highest BCUT2D eigenvalue weighted by atomic mass is 35.5. The Hall–Kier alpha value is -3.38. The number of rotatable bonds is 5. The highest BCUT2D eigenvalue weighted by Gasteiger charge is 2.13. The molecule has 0 radical (unpaired) electrons. The number of benzene rings is 2. The molecule has 0 aliphatic carbocycles. The topological polar surface area (TPSA) is 85.4 Å². The van der Waals surface area contributed by atoms with Gasteiger partial charge in [0, 0.05) is 17.7 Å². The largest absolute Gasteiger partial charge is 0.457 e. The molecule has 3 aromatic rings. The van der Waals surface area contributed by atoms with E-state index in [0.29, 0.717) is 16.5 Å². The number of carbonyl (C=O) groups excluding carboxylic acids is 1. The zero-order chi connectivity index (χ0) is 18.5. The average Bonchev–Trinajstić information content (AvgIpc) is 3.09. The van der Waals surface area contributed by atoms with E-state index >= 15 is 0 Å². The van der Waals surface area contributed by atoms with Gasteiger partial charge in [-0.1, -0.05) is 35.9 Å². The number of hydrogen-bond acceptors (Lipinski definition) is 4. The van der Waals surface area contributed by atoms with E-state index in [1.165, 1.54) is 30.4 Å². The Kier molecular flexibility index (Phi) is 5.15. The number of nitro benzene ring substituents is 1. The SMILES string of the molecule is O=C(/C=C/c1ccc(-c2ccccc2Cl)o1)Nc1ccccc1[N+](=O)[O-]. The summed E-state index contributed by atoms with van der Waals surface area (Å²) in [7, 11) is 0. The number of amides is 1. The molecule has 1 aromatic heterocycles. The molecule has 1 heterocycles. The van der Waals surface area contributed by atoms with E-state index in [1.54, 1.807) is 24.3 Å². The quantitative estimate of drug-likeness (QED) is 0.383. The van der Waals surface area contributed by atoms with Gasteiger partial charge in [-0.15, -0.1) is 0 Å². The lowest BCUT2D eigenvalue weighted by Crippen LogP contribution is -2.09. The number of nitro groups is 1. The van der Waals surface area contributed by atoms with E-state index in [9.17, 15) is 14.9 Å². The van der Waals surface area contributed by atoms with Crippen LogP contribution >= 0.6 is 11.6 Å². The zero-order valence-electron chi connectivity index (χ0n) is 13.4. The summed E-state index contributed by atoms with van der Waals surface area (Å²) in [6, 6.07) is 16.6. The fraction of sp³-hybridized carbons (Fsp3) is 0. The lowest BCUT2D eigenvalue weighted by atomic mass is 10.2. The molecule has 0 atom stereocenters. The lowest BCUT2D eigenvalue weighted by Gasteiger charge is -2.02. The summed E-state index contributed by atoms with van der Waals surface area (Å²) in [5.41, 5.74) is 0.704. The van der Waals surface area contributed by atoms with Gasteiger partial charge in [0.1, 0.15) is 17.2 Å². The number of anilines is 1. The predicted molar refractivity (Wildman–Crippen MR) is 99.9 cm³/mol. The molecule has 1 amide bonds. The van der Waals surface area contributed by atoms with Gasteiger partial charge in [0.25, 0.3) is 5.69 Å². The van der Waals surface area contributed by atoms with Crippen LogP contribution in [0.3, 0.4) is 0 Å². The average molecular weight is 369 g/mol. The molecule has 0 aliphatic heterocycles. The first kappa shape index (κ1) is 17.4. The molecule has 0 spiro atoms. The fourth-order valence-corrected chi connectivity index (χ4v) is 2.55. The Morgan fingerprint density at radius 2 is 1.81 bits per heavy atom. The molecule has 130 valence electrons. The second-order valence-electron chi connectivity index (χ2n) is 5.28. The molecule has 26 heavy (non-hydrogen) atoms. The van der Waals surface area contributed by atoms with Gasteiger partial charge in [-0.25, -0.2) is 0 Å². The molecule has 0 aliphatic rings. The summed E-state index contributed by atoms with van der Waals surface area (Å²) in [5.74, 6) is 0.530. The third-order valence-electron chi connectivity index (χ3n) is 3.52. The van der Waals surface area contributed by atoms with Crippen molar-refractivity contribution in [1.82, 2.24) is 0 Å². The van der Waals surface area contributed by atoms with Crippen molar-refractivity contribution in [3.8, 4) is 11.3 Å². The van der Waals surface area contributed by atoms with Crippen LogP contribution in [0.25, 0.3) is 17.4 Å². The molecular weight excluding hydrogens is 356 g/mol. The minimum atomic E-state index is -0.554. The van der Waals surface area contributed by atoms with E-state index in [4.69, 9.17) is 16.0 Å². The van der Waals surface area contributed by atoms with Crippen molar-refractivity contribution in [2.24, 2.45) is 0 Å². The highest BCUT2D eigenvalue weighted by molar-refractivity contribution is 6.33. The van der Waals surface area contributed by atoms with Gasteiger partial charge in [-0.3, -0.25) is 14.9 Å². The fourth-order valence-electron chi connectivity index (χ4n) is 2.32. The molecule has 0 fully saturated rings. The first-order valence-electron chi connectivity index (χ1n) is 7.62. The summed E-state index contributed by atoms with van der Waals surface area (Å²) in [6.07, 6.45) is 2.72. The molecule has 7 heteroatoms. The Bertz CT molecular complexity index is 994. The van der Waals surface area contributed by atoms with Crippen LogP contribution in [0.15, 0.2) is 71.2 Å². The van der Waals surface area contributed by atoms with Crippen LogP contribution in [0.1, 0.15) is 5.76 Å².